The van der Waals surface area contributed by atoms with Gasteiger partial charge in [0, 0.05) is 24.2 Å². The van der Waals surface area contributed by atoms with Crippen LogP contribution >= 0.6 is 0 Å². The fourth-order valence-corrected chi connectivity index (χ4v) is 4.53. The number of nitrogens with zero attached hydrogens (tertiary/aromatic N) is 2. The van der Waals surface area contributed by atoms with E-state index in [4.69, 9.17) is 14.2 Å². The molecule has 0 radical (unpaired) electrons. The third-order valence-electron chi connectivity index (χ3n) is 6.19. The summed E-state index contributed by atoms with van der Waals surface area (Å²) in [5, 5.41) is 11.0. The van der Waals surface area contributed by atoms with Crippen molar-refractivity contribution in [2.24, 2.45) is 0 Å². The quantitative estimate of drug-likeness (QED) is 0.350. The molecule has 182 valence electrons. The van der Waals surface area contributed by atoms with Crippen LogP contribution < -0.4 is 14.2 Å². The number of ether oxygens (including phenoxy) is 3. The lowest BCUT2D eigenvalue weighted by molar-refractivity contribution is -0.384. The van der Waals surface area contributed by atoms with Gasteiger partial charge in [0.2, 0.25) is 0 Å². The number of hydrogen-bond acceptors (Lipinski definition) is 6. The Morgan fingerprint density at radius 3 is 2.23 bits per heavy atom. The van der Waals surface area contributed by atoms with Crippen molar-refractivity contribution in [3.63, 3.8) is 0 Å². The summed E-state index contributed by atoms with van der Waals surface area (Å²) < 4.78 is 17.2. The number of hydrogen-bond donors (Lipinski definition) is 0. The van der Waals surface area contributed by atoms with E-state index in [1.807, 2.05) is 38.1 Å². The molecule has 1 heterocycles. The minimum absolute atomic E-state index is 0.0583. The topological polar surface area (TPSA) is 91.1 Å². The minimum Gasteiger partial charge on any atom is -0.493 e. The monoisotopic (exact) mass is 476 g/mol. The number of benzene rings is 3. The second-order valence-electron chi connectivity index (χ2n) is 8.61. The van der Waals surface area contributed by atoms with Crippen molar-refractivity contribution in [3.8, 4) is 17.2 Å². The van der Waals surface area contributed by atoms with Crippen molar-refractivity contribution in [1.29, 1.82) is 0 Å². The van der Waals surface area contributed by atoms with E-state index in [0.29, 0.717) is 30.0 Å². The van der Waals surface area contributed by atoms with Crippen molar-refractivity contribution >= 4 is 11.6 Å². The number of nitro benzene ring substituents is 1. The molecule has 0 bridgehead atoms. The van der Waals surface area contributed by atoms with Gasteiger partial charge in [0.25, 0.3) is 11.6 Å². The SMILES string of the molecule is COc1cc2c(cc1OC)C(COc1cc(C)cc(C)c1)N(C(=O)c1ccc([N+](=O)[O-])cc1)CC2. The molecule has 0 aromatic heterocycles. The third-order valence-corrected chi connectivity index (χ3v) is 6.19. The number of fused-ring (bicyclic) bond motifs is 1. The first-order chi connectivity index (χ1) is 16.8. The first kappa shape index (κ1) is 24.1. The summed E-state index contributed by atoms with van der Waals surface area (Å²) in [7, 11) is 3.17. The van der Waals surface area contributed by atoms with Crippen LogP contribution in [0.3, 0.4) is 0 Å². The molecule has 3 aromatic rings. The predicted octanol–water partition coefficient (Wildman–Crippen LogP) is 5.05. The highest BCUT2D eigenvalue weighted by Gasteiger charge is 2.33. The third kappa shape index (κ3) is 5.06. The maximum Gasteiger partial charge on any atom is 0.269 e. The van der Waals surface area contributed by atoms with Gasteiger partial charge in [-0.25, -0.2) is 0 Å². The zero-order valence-electron chi connectivity index (χ0n) is 20.2. The molecule has 0 spiro atoms. The van der Waals surface area contributed by atoms with E-state index >= 15 is 0 Å². The van der Waals surface area contributed by atoms with Crippen LogP contribution in [0.5, 0.6) is 17.2 Å². The number of rotatable bonds is 7. The molecular weight excluding hydrogens is 448 g/mol. The summed E-state index contributed by atoms with van der Waals surface area (Å²) in [6.07, 6.45) is 0.633. The highest BCUT2D eigenvalue weighted by molar-refractivity contribution is 5.95. The van der Waals surface area contributed by atoms with Crippen LogP contribution in [0.2, 0.25) is 0 Å². The summed E-state index contributed by atoms with van der Waals surface area (Å²) in [6.45, 7) is 4.73. The zero-order valence-corrected chi connectivity index (χ0v) is 20.2. The molecule has 35 heavy (non-hydrogen) atoms. The summed E-state index contributed by atoms with van der Waals surface area (Å²) in [5.74, 6) is 1.73. The number of carbonyl (C=O) groups excluding carboxylic acids is 1. The lowest BCUT2D eigenvalue weighted by Crippen LogP contribution is -2.42. The van der Waals surface area contributed by atoms with E-state index in [9.17, 15) is 14.9 Å². The average molecular weight is 477 g/mol. The van der Waals surface area contributed by atoms with E-state index in [2.05, 4.69) is 6.07 Å². The van der Waals surface area contributed by atoms with Crippen LogP contribution in [0.4, 0.5) is 5.69 Å². The van der Waals surface area contributed by atoms with Crippen LogP contribution in [-0.2, 0) is 6.42 Å². The van der Waals surface area contributed by atoms with Gasteiger partial charge in [0.1, 0.15) is 12.4 Å². The van der Waals surface area contributed by atoms with Gasteiger partial charge in [-0.05, 0) is 78.9 Å². The summed E-state index contributed by atoms with van der Waals surface area (Å²) in [6, 6.07) is 15.2. The van der Waals surface area contributed by atoms with E-state index in [1.54, 1.807) is 19.1 Å². The molecule has 8 nitrogen and oxygen atoms in total. The molecule has 1 aliphatic rings. The van der Waals surface area contributed by atoms with Crippen LogP contribution in [0.15, 0.2) is 54.6 Å². The van der Waals surface area contributed by atoms with Gasteiger partial charge in [-0.3, -0.25) is 14.9 Å². The van der Waals surface area contributed by atoms with E-state index in [-0.39, 0.29) is 24.2 Å². The Hall–Kier alpha value is -4.07. The summed E-state index contributed by atoms with van der Waals surface area (Å²) in [4.78, 5) is 25.8. The molecular formula is C27H28N2O6. The van der Waals surface area contributed by atoms with Crippen molar-refractivity contribution in [1.82, 2.24) is 4.90 Å². The standard InChI is InChI=1S/C27H28N2O6/c1-17-11-18(2)13-22(12-17)35-16-24-23-15-26(34-4)25(33-3)14-20(23)9-10-28(24)27(30)19-5-7-21(8-6-19)29(31)32/h5-8,11-15,24H,9-10,16H2,1-4H3. The minimum atomic E-state index is -0.481. The van der Waals surface area contributed by atoms with Crippen LogP contribution in [0.1, 0.15) is 38.7 Å². The van der Waals surface area contributed by atoms with Gasteiger partial charge in [-0.15, -0.1) is 0 Å². The summed E-state index contributed by atoms with van der Waals surface area (Å²) >= 11 is 0. The number of nitro groups is 1. The molecule has 0 N–H and O–H groups in total. The molecule has 0 saturated heterocycles. The second kappa shape index (κ2) is 10.0. The van der Waals surface area contributed by atoms with Crippen molar-refractivity contribution in [2.45, 2.75) is 26.3 Å². The Morgan fingerprint density at radius 1 is 1.00 bits per heavy atom. The van der Waals surface area contributed by atoms with Gasteiger partial charge >= 0.3 is 0 Å². The molecule has 8 heteroatoms. The summed E-state index contributed by atoms with van der Waals surface area (Å²) in [5.41, 5.74) is 4.49. The number of amides is 1. The Morgan fingerprint density at radius 2 is 1.63 bits per heavy atom. The van der Waals surface area contributed by atoms with Crippen molar-refractivity contribution in [2.75, 3.05) is 27.4 Å². The van der Waals surface area contributed by atoms with Crippen LogP contribution in [-0.4, -0.2) is 43.1 Å². The van der Waals surface area contributed by atoms with Gasteiger partial charge in [-0.2, -0.15) is 0 Å². The van der Waals surface area contributed by atoms with E-state index < -0.39 is 4.92 Å². The zero-order chi connectivity index (χ0) is 25.1. The van der Waals surface area contributed by atoms with Crippen LogP contribution in [0, 0.1) is 24.0 Å². The molecule has 0 saturated carbocycles. The number of non-ortho nitro benzene ring substituents is 1. The maximum absolute atomic E-state index is 13.5. The first-order valence-electron chi connectivity index (χ1n) is 11.3. The molecule has 3 aromatic carbocycles. The van der Waals surface area contributed by atoms with Crippen LogP contribution in [0.25, 0.3) is 0 Å². The molecule has 1 unspecified atom stereocenters. The van der Waals surface area contributed by atoms with Crippen molar-refractivity contribution in [3.05, 3.63) is 92.5 Å². The molecule has 4 rings (SSSR count). The van der Waals surface area contributed by atoms with E-state index in [1.165, 1.54) is 24.3 Å². The largest absolute Gasteiger partial charge is 0.493 e. The van der Waals surface area contributed by atoms with Gasteiger partial charge in [-0.1, -0.05) is 6.07 Å². The smallest absolute Gasteiger partial charge is 0.269 e. The molecule has 1 atom stereocenters. The van der Waals surface area contributed by atoms with Gasteiger partial charge < -0.3 is 19.1 Å². The normalized spacial score (nSPS) is 14.7. The molecule has 0 aliphatic carbocycles. The maximum atomic E-state index is 13.5. The Labute approximate surface area is 204 Å². The van der Waals surface area contributed by atoms with Gasteiger partial charge in [0.15, 0.2) is 11.5 Å². The average Bonchev–Trinajstić information content (AvgIpc) is 2.85. The highest BCUT2D eigenvalue weighted by Crippen LogP contribution is 2.39. The van der Waals surface area contributed by atoms with Crippen molar-refractivity contribution < 1.29 is 23.9 Å². The number of methoxy groups -OCH3 is 2. The second-order valence-corrected chi connectivity index (χ2v) is 8.61. The Balaban J connectivity index is 1.70. The molecule has 1 aliphatic heterocycles. The Bertz CT molecular complexity index is 1240. The number of carbonyl (C=O) groups is 1. The molecule has 0 fully saturated rings. The van der Waals surface area contributed by atoms with E-state index in [0.717, 1.165) is 28.0 Å². The predicted molar refractivity (Wildman–Crippen MR) is 132 cm³/mol. The Kier molecular flexibility index (Phi) is 6.91. The highest BCUT2D eigenvalue weighted by atomic mass is 16.6. The molecule has 1 amide bonds. The number of aryl methyl sites for hydroxylation is 2. The lowest BCUT2D eigenvalue weighted by Gasteiger charge is -2.37. The fourth-order valence-electron chi connectivity index (χ4n) is 4.53. The van der Waals surface area contributed by atoms with Gasteiger partial charge in [0.05, 0.1) is 25.2 Å². The lowest BCUT2D eigenvalue weighted by atomic mass is 9.91. The fraction of sp³-hybridized carbons (Fsp3) is 0.296. The first-order valence-corrected chi connectivity index (χ1v) is 11.3.